The maximum atomic E-state index is 14.7. The summed E-state index contributed by atoms with van der Waals surface area (Å²) in [5.41, 5.74) is 2.06. The van der Waals surface area contributed by atoms with Gasteiger partial charge < -0.3 is 31.1 Å². The first-order valence-electron chi connectivity index (χ1n) is 21.7. The van der Waals surface area contributed by atoms with Gasteiger partial charge in [0.15, 0.2) is 0 Å². The molecule has 2 aliphatic rings. The molecule has 11 heteroatoms. The van der Waals surface area contributed by atoms with Crippen LogP contribution in [0.2, 0.25) is 0 Å². The van der Waals surface area contributed by atoms with E-state index in [0.29, 0.717) is 51.5 Å². The van der Waals surface area contributed by atoms with Crippen molar-refractivity contribution in [2.24, 2.45) is 11.8 Å². The van der Waals surface area contributed by atoms with Gasteiger partial charge in [-0.05, 0) is 57.9 Å². The average molecular weight is 816 g/mol. The number of benzene rings is 4. The largest absolute Gasteiger partial charge is 0.390 e. The normalized spacial score (nSPS) is 16.3. The Morgan fingerprint density at radius 1 is 0.767 bits per heavy atom. The highest BCUT2D eigenvalue weighted by molar-refractivity contribution is 5.91. The Labute approximate surface area is 354 Å². The first kappa shape index (κ1) is 44.3. The minimum atomic E-state index is -1.13. The fourth-order valence-corrected chi connectivity index (χ4v) is 8.59. The molecule has 1 heterocycles. The van der Waals surface area contributed by atoms with E-state index in [4.69, 9.17) is 4.74 Å². The van der Waals surface area contributed by atoms with Gasteiger partial charge in [-0.1, -0.05) is 129 Å². The second kappa shape index (κ2) is 22.9. The lowest BCUT2D eigenvalue weighted by atomic mass is 9.83. The molecule has 318 valence electrons. The fourth-order valence-electron chi connectivity index (χ4n) is 8.59. The van der Waals surface area contributed by atoms with Crippen molar-refractivity contribution in [1.29, 1.82) is 0 Å². The molecule has 0 aromatic heterocycles. The van der Waals surface area contributed by atoms with Crippen molar-refractivity contribution in [2.45, 2.75) is 89.3 Å². The van der Waals surface area contributed by atoms with Crippen molar-refractivity contribution in [3.05, 3.63) is 96.1 Å². The van der Waals surface area contributed by atoms with Gasteiger partial charge >= 0.3 is 0 Å². The number of hydrogen-bond donors (Lipinski definition) is 5. The van der Waals surface area contributed by atoms with Gasteiger partial charge in [0.1, 0.15) is 6.04 Å². The number of ether oxygens (including phenoxy) is 1. The molecule has 6 rings (SSSR count). The number of nitrogens with one attached hydrogen (secondary N) is 4. The number of aliphatic hydroxyl groups is 1. The zero-order valence-electron chi connectivity index (χ0n) is 34.9. The van der Waals surface area contributed by atoms with E-state index in [0.717, 1.165) is 77.9 Å². The molecule has 0 spiro atoms. The zero-order valence-corrected chi connectivity index (χ0v) is 34.9. The van der Waals surface area contributed by atoms with Crippen LogP contribution in [0.15, 0.2) is 84.9 Å². The van der Waals surface area contributed by atoms with Crippen molar-refractivity contribution in [2.75, 3.05) is 45.9 Å². The van der Waals surface area contributed by atoms with E-state index in [2.05, 4.69) is 86.5 Å². The summed E-state index contributed by atoms with van der Waals surface area (Å²) in [6, 6.07) is 26.7. The number of aliphatic hydroxyl groups excluding tert-OH is 1. The Balaban J connectivity index is 1.22. The van der Waals surface area contributed by atoms with Gasteiger partial charge in [-0.2, -0.15) is 0 Å². The van der Waals surface area contributed by atoms with Crippen LogP contribution in [0.5, 0.6) is 0 Å². The van der Waals surface area contributed by atoms with Gasteiger partial charge in [-0.3, -0.25) is 24.1 Å². The van der Waals surface area contributed by atoms with Crippen LogP contribution in [0.3, 0.4) is 0 Å². The molecule has 3 atom stereocenters. The molecule has 4 aromatic rings. The summed E-state index contributed by atoms with van der Waals surface area (Å²) in [4.78, 5) is 56.0. The van der Waals surface area contributed by atoms with Crippen LogP contribution in [0.1, 0.15) is 69.4 Å². The van der Waals surface area contributed by atoms with Gasteiger partial charge in [-0.25, -0.2) is 0 Å². The summed E-state index contributed by atoms with van der Waals surface area (Å²) in [7, 11) is 0. The summed E-state index contributed by atoms with van der Waals surface area (Å²) >= 11 is 0. The number of nitrogens with zero attached hydrogens (tertiary/aromatic N) is 1. The molecule has 0 bridgehead atoms. The molecule has 0 unspecified atom stereocenters. The Hall–Kier alpha value is -5.28. The van der Waals surface area contributed by atoms with Gasteiger partial charge in [0.25, 0.3) is 0 Å². The molecule has 4 amide bonds. The lowest BCUT2D eigenvalue weighted by Crippen LogP contribution is -2.54. The SMILES string of the molecule is CC(=O)NCC#CC[C@H](NC(=O)C(Cc1cccc2ccccc12)Cc1cccc2ccccc12)C(=O)N[C@@H](CC1CCCCC1)[C@@H](O)CC(=O)NCCN1CCOCC1. The molecular weight excluding hydrogens is 755 g/mol. The minimum Gasteiger partial charge on any atom is -0.390 e. The topological polar surface area (TPSA) is 149 Å². The minimum absolute atomic E-state index is 0.0132. The summed E-state index contributed by atoms with van der Waals surface area (Å²) in [5, 5.41) is 27.7. The van der Waals surface area contributed by atoms with Crippen molar-refractivity contribution >= 4 is 45.2 Å². The van der Waals surface area contributed by atoms with Gasteiger partial charge in [0.2, 0.25) is 23.6 Å². The number of carbonyl (C=O) groups is 4. The third-order valence-electron chi connectivity index (χ3n) is 11.9. The summed E-state index contributed by atoms with van der Waals surface area (Å²) in [5.74, 6) is 4.39. The monoisotopic (exact) mass is 815 g/mol. The molecule has 4 aromatic carbocycles. The number of rotatable bonds is 18. The number of carbonyl (C=O) groups excluding carboxylic acids is 4. The smallest absolute Gasteiger partial charge is 0.243 e. The van der Waals surface area contributed by atoms with E-state index in [-0.39, 0.29) is 37.1 Å². The molecular formula is C49H61N5O6. The molecule has 5 N–H and O–H groups in total. The van der Waals surface area contributed by atoms with E-state index in [1.165, 1.54) is 6.92 Å². The molecule has 1 saturated heterocycles. The number of amides is 4. The molecule has 2 fully saturated rings. The van der Waals surface area contributed by atoms with Crippen LogP contribution in [0.25, 0.3) is 21.5 Å². The predicted octanol–water partition coefficient (Wildman–Crippen LogP) is 5.06. The van der Waals surface area contributed by atoms with E-state index in [9.17, 15) is 24.3 Å². The van der Waals surface area contributed by atoms with Crippen molar-refractivity contribution in [3.63, 3.8) is 0 Å². The van der Waals surface area contributed by atoms with E-state index in [1.54, 1.807) is 0 Å². The molecule has 11 nitrogen and oxygen atoms in total. The highest BCUT2D eigenvalue weighted by Crippen LogP contribution is 2.29. The first-order chi connectivity index (χ1) is 29.2. The molecule has 1 saturated carbocycles. The van der Waals surface area contributed by atoms with Crippen LogP contribution in [-0.4, -0.2) is 97.8 Å². The maximum Gasteiger partial charge on any atom is 0.243 e. The zero-order chi connectivity index (χ0) is 42.1. The summed E-state index contributed by atoms with van der Waals surface area (Å²) in [6.07, 6.45) is 5.39. The lowest BCUT2D eigenvalue weighted by molar-refractivity contribution is -0.132. The molecule has 0 radical (unpaired) electrons. The number of hydrogen-bond acceptors (Lipinski definition) is 7. The standard InChI is InChI=1S/C49H61N5O6/c1-35(55)50-24-10-9-23-44(49(59)53-45(31-36-13-3-2-4-14-36)46(56)34-47(57)51-25-26-54-27-29-60-30-28-54)52-48(58)41(32-39-19-11-17-37-15-5-7-21-42(37)39)33-40-20-12-18-38-16-6-8-22-43(38)40/h5-8,11-12,15-22,36,41,44-46,56H,2-4,13-14,23-34H2,1H3,(H,50,55)(H,51,57)(H,52,58)(H,53,59)/t44-,45-,46-/m0/s1. The van der Waals surface area contributed by atoms with E-state index < -0.39 is 30.0 Å². The third kappa shape index (κ3) is 13.4. The van der Waals surface area contributed by atoms with Crippen LogP contribution in [0.4, 0.5) is 0 Å². The van der Waals surface area contributed by atoms with Gasteiger partial charge in [0, 0.05) is 45.4 Å². The Kier molecular flexibility index (Phi) is 16.9. The highest BCUT2D eigenvalue weighted by atomic mass is 16.5. The third-order valence-corrected chi connectivity index (χ3v) is 11.9. The lowest BCUT2D eigenvalue weighted by Gasteiger charge is -2.31. The van der Waals surface area contributed by atoms with Crippen LogP contribution in [0, 0.1) is 23.7 Å². The predicted molar refractivity (Wildman–Crippen MR) is 236 cm³/mol. The van der Waals surface area contributed by atoms with Crippen molar-refractivity contribution < 1.29 is 29.0 Å². The molecule has 1 aliphatic heterocycles. The van der Waals surface area contributed by atoms with Crippen LogP contribution in [-0.2, 0) is 36.8 Å². The highest BCUT2D eigenvalue weighted by Gasteiger charge is 2.32. The summed E-state index contributed by atoms with van der Waals surface area (Å²) < 4.78 is 5.42. The number of morpholine rings is 1. The Morgan fingerprint density at radius 3 is 2.02 bits per heavy atom. The van der Waals surface area contributed by atoms with Crippen LogP contribution < -0.4 is 21.3 Å². The Morgan fingerprint density at radius 2 is 1.38 bits per heavy atom. The number of fused-ring (bicyclic) bond motifs is 2. The van der Waals surface area contributed by atoms with Crippen LogP contribution >= 0.6 is 0 Å². The van der Waals surface area contributed by atoms with Gasteiger partial charge in [-0.15, -0.1) is 0 Å². The van der Waals surface area contributed by atoms with Crippen molar-refractivity contribution in [1.82, 2.24) is 26.2 Å². The first-order valence-corrected chi connectivity index (χ1v) is 21.7. The van der Waals surface area contributed by atoms with Gasteiger partial charge in [0.05, 0.1) is 38.3 Å². The summed E-state index contributed by atoms with van der Waals surface area (Å²) in [6.45, 7) is 5.64. The second-order valence-electron chi connectivity index (χ2n) is 16.3. The fraction of sp³-hybridized carbons (Fsp3) is 0.469. The molecule has 60 heavy (non-hydrogen) atoms. The van der Waals surface area contributed by atoms with E-state index in [1.807, 2.05) is 36.4 Å². The quantitative estimate of drug-likeness (QED) is 0.0883. The average Bonchev–Trinajstić information content (AvgIpc) is 3.26. The Bertz CT molecular complexity index is 2030. The van der Waals surface area contributed by atoms with Crippen molar-refractivity contribution in [3.8, 4) is 11.8 Å². The maximum absolute atomic E-state index is 14.7. The van der Waals surface area contributed by atoms with E-state index >= 15 is 0 Å². The molecule has 1 aliphatic carbocycles. The second-order valence-corrected chi connectivity index (χ2v) is 16.3.